The molecule has 2 N–H and O–H groups in total. The quantitative estimate of drug-likeness (QED) is 0.879. The van der Waals surface area contributed by atoms with Crippen LogP contribution in [0.4, 0.5) is 11.4 Å². The fourth-order valence-corrected chi connectivity index (χ4v) is 2.06. The summed E-state index contributed by atoms with van der Waals surface area (Å²) in [5, 5.41) is 5.87. The lowest BCUT2D eigenvalue weighted by atomic mass is 10.3. The SMILES string of the molecule is COc1ccc(NC(=O)CNc2cccc(Br)c2)cc1. The molecule has 0 bridgehead atoms. The number of hydrogen-bond donors (Lipinski definition) is 2. The van der Waals surface area contributed by atoms with Gasteiger partial charge in [-0.3, -0.25) is 4.79 Å². The zero-order chi connectivity index (χ0) is 14.4. The third-order valence-electron chi connectivity index (χ3n) is 2.65. The van der Waals surface area contributed by atoms with Gasteiger partial charge in [0.2, 0.25) is 5.91 Å². The average molecular weight is 335 g/mol. The van der Waals surface area contributed by atoms with Crippen molar-refractivity contribution in [2.24, 2.45) is 0 Å². The number of methoxy groups -OCH3 is 1. The minimum atomic E-state index is -0.102. The smallest absolute Gasteiger partial charge is 0.243 e. The second-order valence-electron chi connectivity index (χ2n) is 4.14. The Morgan fingerprint density at radius 2 is 1.90 bits per heavy atom. The summed E-state index contributed by atoms with van der Waals surface area (Å²) in [5.41, 5.74) is 1.64. The summed E-state index contributed by atoms with van der Waals surface area (Å²) in [7, 11) is 1.61. The molecule has 0 aliphatic rings. The number of amides is 1. The van der Waals surface area contributed by atoms with E-state index in [1.165, 1.54) is 0 Å². The topological polar surface area (TPSA) is 50.4 Å². The van der Waals surface area contributed by atoms with Crippen molar-refractivity contribution in [2.45, 2.75) is 0 Å². The molecule has 2 aromatic carbocycles. The van der Waals surface area contributed by atoms with Crippen molar-refractivity contribution in [3.8, 4) is 5.75 Å². The summed E-state index contributed by atoms with van der Waals surface area (Å²) >= 11 is 3.38. The molecule has 0 aromatic heterocycles. The van der Waals surface area contributed by atoms with Crippen molar-refractivity contribution in [3.05, 3.63) is 53.0 Å². The van der Waals surface area contributed by atoms with Crippen molar-refractivity contribution < 1.29 is 9.53 Å². The molecule has 0 fully saturated rings. The van der Waals surface area contributed by atoms with Crippen molar-refractivity contribution >= 4 is 33.2 Å². The van der Waals surface area contributed by atoms with Crippen LogP contribution in [-0.2, 0) is 4.79 Å². The van der Waals surface area contributed by atoms with Gasteiger partial charge in [-0.2, -0.15) is 0 Å². The largest absolute Gasteiger partial charge is 0.497 e. The molecule has 0 aliphatic heterocycles. The molecule has 0 heterocycles. The van der Waals surface area contributed by atoms with Crippen LogP contribution in [0.25, 0.3) is 0 Å². The minimum absolute atomic E-state index is 0.102. The maximum atomic E-state index is 11.8. The normalized spacial score (nSPS) is 9.90. The number of benzene rings is 2. The van der Waals surface area contributed by atoms with Crippen LogP contribution in [-0.4, -0.2) is 19.6 Å². The Hall–Kier alpha value is -2.01. The van der Waals surface area contributed by atoms with Crippen LogP contribution < -0.4 is 15.4 Å². The van der Waals surface area contributed by atoms with Crippen LogP contribution in [0, 0.1) is 0 Å². The van der Waals surface area contributed by atoms with Gasteiger partial charge in [-0.25, -0.2) is 0 Å². The van der Waals surface area contributed by atoms with Crippen molar-refractivity contribution in [3.63, 3.8) is 0 Å². The van der Waals surface area contributed by atoms with E-state index in [1.54, 1.807) is 31.4 Å². The van der Waals surface area contributed by atoms with Crippen molar-refractivity contribution in [1.82, 2.24) is 0 Å². The van der Waals surface area contributed by atoms with Crippen LogP contribution >= 0.6 is 15.9 Å². The van der Waals surface area contributed by atoms with E-state index in [4.69, 9.17) is 4.74 Å². The van der Waals surface area contributed by atoms with Gasteiger partial charge in [-0.15, -0.1) is 0 Å². The van der Waals surface area contributed by atoms with Crippen LogP contribution in [0.1, 0.15) is 0 Å². The lowest BCUT2D eigenvalue weighted by molar-refractivity contribution is -0.114. The molecule has 20 heavy (non-hydrogen) atoms. The van der Waals surface area contributed by atoms with E-state index in [-0.39, 0.29) is 12.5 Å². The van der Waals surface area contributed by atoms with Crippen molar-refractivity contribution in [1.29, 1.82) is 0 Å². The zero-order valence-electron chi connectivity index (χ0n) is 11.0. The molecule has 2 aromatic rings. The molecule has 0 atom stereocenters. The van der Waals surface area contributed by atoms with Gasteiger partial charge in [0.05, 0.1) is 13.7 Å². The second-order valence-corrected chi connectivity index (χ2v) is 5.06. The molecule has 0 saturated carbocycles. The maximum Gasteiger partial charge on any atom is 0.243 e. The maximum absolute atomic E-state index is 11.8. The molecule has 0 aliphatic carbocycles. The first kappa shape index (κ1) is 14.4. The molecule has 0 saturated heterocycles. The highest BCUT2D eigenvalue weighted by molar-refractivity contribution is 9.10. The highest BCUT2D eigenvalue weighted by Crippen LogP contribution is 2.16. The van der Waals surface area contributed by atoms with Gasteiger partial charge in [0.1, 0.15) is 5.75 Å². The van der Waals surface area contributed by atoms with E-state index in [0.29, 0.717) is 0 Å². The number of rotatable bonds is 5. The van der Waals surface area contributed by atoms with Crippen LogP contribution in [0.2, 0.25) is 0 Å². The number of nitrogens with one attached hydrogen (secondary N) is 2. The van der Waals surface area contributed by atoms with Gasteiger partial charge in [-0.05, 0) is 42.5 Å². The molecule has 1 amide bonds. The Labute approximate surface area is 126 Å². The second kappa shape index (κ2) is 6.96. The van der Waals surface area contributed by atoms with Gasteiger partial charge in [-0.1, -0.05) is 22.0 Å². The minimum Gasteiger partial charge on any atom is -0.497 e. The number of ether oxygens (including phenoxy) is 1. The lowest BCUT2D eigenvalue weighted by Gasteiger charge is -2.08. The molecule has 2 rings (SSSR count). The van der Waals surface area contributed by atoms with Gasteiger partial charge in [0, 0.05) is 15.8 Å². The molecule has 104 valence electrons. The Morgan fingerprint density at radius 1 is 1.15 bits per heavy atom. The number of anilines is 2. The summed E-state index contributed by atoms with van der Waals surface area (Å²) < 4.78 is 6.03. The summed E-state index contributed by atoms with van der Waals surface area (Å²) in [6, 6.07) is 14.9. The molecular weight excluding hydrogens is 320 g/mol. The molecule has 0 spiro atoms. The van der Waals surface area contributed by atoms with E-state index in [1.807, 2.05) is 24.3 Å². The van der Waals surface area contributed by atoms with Gasteiger partial charge < -0.3 is 15.4 Å². The Bertz CT molecular complexity index is 585. The lowest BCUT2D eigenvalue weighted by Crippen LogP contribution is -2.21. The summed E-state index contributed by atoms with van der Waals surface area (Å²) in [6.07, 6.45) is 0. The van der Waals surface area contributed by atoms with E-state index >= 15 is 0 Å². The molecule has 0 radical (unpaired) electrons. The van der Waals surface area contributed by atoms with E-state index in [9.17, 15) is 4.79 Å². The van der Waals surface area contributed by atoms with Crippen molar-refractivity contribution in [2.75, 3.05) is 24.3 Å². The Kier molecular flexibility index (Phi) is 5.01. The summed E-state index contributed by atoms with van der Waals surface area (Å²) in [5.74, 6) is 0.658. The predicted molar refractivity (Wildman–Crippen MR) is 84.3 cm³/mol. The van der Waals surface area contributed by atoms with Gasteiger partial charge in [0.15, 0.2) is 0 Å². The predicted octanol–water partition coefficient (Wildman–Crippen LogP) is 3.51. The third kappa shape index (κ3) is 4.28. The molecule has 4 nitrogen and oxygen atoms in total. The molecule has 0 unspecified atom stereocenters. The first-order chi connectivity index (χ1) is 9.67. The average Bonchev–Trinajstić information content (AvgIpc) is 2.46. The van der Waals surface area contributed by atoms with Gasteiger partial charge >= 0.3 is 0 Å². The van der Waals surface area contributed by atoms with Crippen LogP contribution in [0.15, 0.2) is 53.0 Å². The Morgan fingerprint density at radius 3 is 2.55 bits per heavy atom. The zero-order valence-corrected chi connectivity index (χ0v) is 12.6. The van der Waals surface area contributed by atoms with E-state index in [2.05, 4.69) is 26.6 Å². The number of hydrogen-bond acceptors (Lipinski definition) is 3. The van der Waals surface area contributed by atoms with Gasteiger partial charge in [0.25, 0.3) is 0 Å². The third-order valence-corrected chi connectivity index (χ3v) is 3.14. The number of carbonyl (C=O) groups excluding carboxylic acids is 1. The standard InChI is InChI=1S/C15H15BrN2O2/c1-20-14-7-5-12(6-8-14)18-15(19)10-17-13-4-2-3-11(16)9-13/h2-9,17H,10H2,1H3,(H,18,19). The summed E-state index contributed by atoms with van der Waals surface area (Å²) in [6.45, 7) is 0.211. The highest BCUT2D eigenvalue weighted by Gasteiger charge is 2.02. The monoisotopic (exact) mass is 334 g/mol. The van der Waals surface area contributed by atoms with Crippen LogP contribution in [0.3, 0.4) is 0 Å². The first-order valence-corrected chi connectivity index (χ1v) is 6.90. The fraction of sp³-hybridized carbons (Fsp3) is 0.133. The number of carbonyl (C=O) groups is 1. The number of halogens is 1. The van der Waals surface area contributed by atoms with E-state index in [0.717, 1.165) is 21.6 Å². The Balaban J connectivity index is 1.85. The first-order valence-electron chi connectivity index (χ1n) is 6.11. The van der Waals surface area contributed by atoms with Crippen LogP contribution in [0.5, 0.6) is 5.75 Å². The molecule has 5 heteroatoms. The highest BCUT2D eigenvalue weighted by atomic mass is 79.9. The summed E-state index contributed by atoms with van der Waals surface area (Å²) in [4.78, 5) is 11.8. The van der Waals surface area contributed by atoms with E-state index < -0.39 is 0 Å². The fourth-order valence-electron chi connectivity index (χ4n) is 1.66. The molecular formula is C15H15BrN2O2.